The molecule has 0 saturated heterocycles. The number of nitrogens with one attached hydrogen (secondary N) is 2. The van der Waals surface area contributed by atoms with Gasteiger partial charge in [0.2, 0.25) is 5.91 Å². The number of carbonyl (C=O) groups excluding carboxylic acids is 1. The fourth-order valence-corrected chi connectivity index (χ4v) is 3.42. The van der Waals surface area contributed by atoms with Crippen molar-refractivity contribution in [2.24, 2.45) is 7.05 Å². The van der Waals surface area contributed by atoms with Crippen LogP contribution in [0.25, 0.3) is 11.0 Å². The number of pyridine rings is 1. The molecule has 2 aromatic heterocycles. The second kappa shape index (κ2) is 7.67. The molecule has 2 heterocycles. The van der Waals surface area contributed by atoms with Crippen LogP contribution >= 0.6 is 0 Å². The number of fused-ring (bicyclic) bond motifs is 1. The lowest BCUT2D eigenvalue weighted by atomic mass is 10.00. The first-order chi connectivity index (χ1) is 13.3. The van der Waals surface area contributed by atoms with Crippen LogP contribution in [0, 0.1) is 13.8 Å². The Kier molecular flexibility index (Phi) is 5.30. The molecule has 3 N–H and O–H groups in total. The van der Waals surface area contributed by atoms with Gasteiger partial charge in [-0.15, -0.1) is 0 Å². The van der Waals surface area contributed by atoms with Crippen molar-refractivity contribution in [3.05, 3.63) is 63.1 Å². The summed E-state index contributed by atoms with van der Waals surface area (Å²) in [4.78, 5) is 40.5. The summed E-state index contributed by atoms with van der Waals surface area (Å²) in [6, 6.07) is 7.45. The van der Waals surface area contributed by atoms with E-state index < -0.39 is 12.0 Å². The molecule has 3 aromatic rings. The van der Waals surface area contributed by atoms with Crippen LogP contribution in [0.2, 0.25) is 0 Å². The molecule has 0 aliphatic heterocycles. The zero-order chi connectivity index (χ0) is 20.4. The Balaban J connectivity index is 1.78. The fraction of sp³-hybridized carbons (Fsp3) is 0.300. The Morgan fingerprint density at radius 2 is 1.93 bits per heavy atom. The van der Waals surface area contributed by atoms with Crippen molar-refractivity contribution >= 4 is 22.9 Å². The number of aromatic nitrogens is 3. The highest BCUT2D eigenvalue weighted by Crippen LogP contribution is 2.21. The minimum atomic E-state index is -1.12. The predicted molar refractivity (Wildman–Crippen MR) is 104 cm³/mol. The third kappa shape index (κ3) is 3.66. The van der Waals surface area contributed by atoms with Crippen molar-refractivity contribution in [2.75, 3.05) is 0 Å². The zero-order valence-corrected chi connectivity index (χ0v) is 15.9. The van der Waals surface area contributed by atoms with E-state index in [0.717, 1.165) is 16.8 Å². The molecule has 0 radical (unpaired) electrons. The van der Waals surface area contributed by atoms with Crippen molar-refractivity contribution in [3.63, 3.8) is 0 Å². The van der Waals surface area contributed by atoms with Gasteiger partial charge in [0.25, 0.3) is 5.56 Å². The van der Waals surface area contributed by atoms with Crippen molar-refractivity contribution in [2.45, 2.75) is 32.7 Å². The number of amides is 1. The average molecular weight is 382 g/mol. The molecule has 0 fully saturated rings. The van der Waals surface area contributed by atoms with Crippen LogP contribution in [-0.4, -0.2) is 31.7 Å². The van der Waals surface area contributed by atoms with E-state index in [-0.39, 0.29) is 17.9 Å². The van der Waals surface area contributed by atoms with Crippen molar-refractivity contribution in [1.82, 2.24) is 20.1 Å². The van der Waals surface area contributed by atoms with Crippen LogP contribution in [0.1, 0.15) is 34.8 Å². The molecule has 28 heavy (non-hydrogen) atoms. The molecule has 1 amide bonds. The topological polar surface area (TPSA) is 117 Å². The molecule has 8 nitrogen and oxygen atoms in total. The molecule has 0 unspecified atom stereocenters. The van der Waals surface area contributed by atoms with E-state index >= 15 is 0 Å². The smallest absolute Gasteiger partial charge is 0.330 e. The molecule has 8 heteroatoms. The highest BCUT2D eigenvalue weighted by Gasteiger charge is 2.22. The number of benzene rings is 1. The summed E-state index contributed by atoms with van der Waals surface area (Å²) in [5.74, 6) is -1.50. The molecule has 0 aliphatic carbocycles. The van der Waals surface area contributed by atoms with Crippen LogP contribution in [-0.2, 0) is 23.1 Å². The Hall–Kier alpha value is -3.42. The fourth-order valence-electron chi connectivity index (χ4n) is 3.42. The van der Waals surface area contributed by atoms with E-state index in [1.54, 1.807) is 42.1 Å². The molecular formula is C20H22N4O4. The molecule has 1 aromatic carbocycles. The van der Waals surface area contributed by atoms with Gasteiger partial charge in [-0.25, -0.2) is 9.78 Å². The van der Waals surface area contributed by atoms with Gasteiger partial charge >= 0.3 is 5.97 Å². The molecule has 0 saturated carbocycles. The summed E-state index contributed by atoms with van der Waals surface area (Å²) < 4.78 is 1.57. The molecule has 1 atom stereocenters. The van der Waals surface area contributed by atoms with E-state index in [1.165, 1.54) is 0 Å². The second-order valence-electron chi connectivity index (χ2n) is 6.75. The van der Waals surface area contributed by atoms with Gasteiger partial charge in [0.15, 0.2) is 11.7 Å². The first-order valence-corrected chi connectivity index (χ1v) is 8.91. The second-order valence-corrected chi connectivity index (χ2v) is 6.75. The lowest BCUT2D eigenvalue weighted by molar-refractivity contribution is -0.142. The van der Waals surface area contributed by atoms with Gasteiger partial charge in [-0.2, -0.15) is 0 Å². The first-order valence-electron chi connectivity index (χ1n) is 8.91. The highest BCUT2D eigenvalue weighted by atomic mass is 16.4. The molecule has 0 spiro atoms. The van der Waals surface area contributed by atoms with E-state index in [9.17, 15) is 19.5 Å². The van der Waals surface area contributed by atoms with Crippen LogP contribution < -0.4 is 10.9 Å². The van der Waals surface area contributed by atoms with E-state index in [1.807, 2.05) is 13.8 Å². The summed E-state index contributed by atoms with van der Waals surface area (Å²) in [6.07, 6.45) is 0.456. The summed E-state index contributed by atoms with van der Waals surface area (Å²) in [6.45, 7) is 3.67. The van der Waals surface area contributed by atoms with Crippen LogP contribution in [0.15, 0.2) is 35.1 Å². The van der Waals surface area contributed by atoms with E-state index in [2.05, 4.69) is 15.4 Å². The number of carboxylic acid groups (broad SMARTS) is 1. The average Bonchev–Trinajstić information content (AvgIpc) is 2.93. The molecule has 3 rings (SSSR count). The quantitative estimate of drug-likeness (QED) is 0.600. The Labute approximate surface area is 161 Å². The van der Waals surface area contributed by atoms with Gasteiger partial charge in [-0.3, -0.25) is 19.4 Å². The lowest BCUT2D eigenvalue weighted by Gasteiger charge is -2.15. The Morgan fingerprint density at radius 1 is 1.25 bits per heavy atom. The van der Waals surface area contributed by atoms with Crippen molar-refractivity contribution in [1.29, 1.82) is 0 Å². The number of H-pyrrole nitrogens is 1. The van der Waals surface area contributed by atoms with Gasteiger partial charge in [0.1, 0.15) is 0 Å². The maximum Gasteiger partial charge on any atom is 0.330 e. The maximum absolute atomic E-state index is 12.4. The molecule has 0 bridgehead atoms. The third-order valence-electron chi connectivity index (χ3n) is 4.86. The number of aryl methyl sites for hydroxylation is 3. The van der Waals surface area contributed by atoms with Gasteiger partial charge in [0.05, 0.1) is 5.39 Å². The molecule has 146 valence electrons. The van der Waals surface area contributed by atoms with Crippen LogP contribution in [0.4, 0.5) is 0 Å². The van der Waals surface area contributed by atoms with Gasteiger partial charge in [-0.1, -0.05) is 30.3 Å². The summed E-state index contributed by atoms with van der Waals surface area (Å²) >= 11 is 0. The largest absolute Gasteiger partial charge is 0.479 e. The Morgan fingerprint density at radius 3 is 2.57 bits per heavy atom. The third-order valence-corrected chi connectivity index (χ3v) is 4.86. The minimum Gasteiger partial charge on any atom is -0.479 e. The minimum absolute atomic E-state index is 0.0935. The SMILES string of the molecule is Cc1nc2c(c(C)c1CCC(=O)N[C@H](C(=O)O)c1ccccc1)c(=O)[nH]n2C. The Bertz CT molecular complexity index is 1100. The number of aromatic amines is 1. The first kappa shape index (κ1) is 19.3. The number of nitrogens with zero attached hydrogens (tertiary/aromatic N) is 2. The number of hydrogen-bond acceptors (Lipinski definition) is 4. The van der Waals surface area contributed by atoms with Crippen molar-refractivity contribution in [3.8, 4) is 0 Å². The summed E-state index contributed by atoms with van der Waals surface area (Å²) in [5.41, 5.74) is 3.22. The normalized spacial score (nSPS) is 12.1. The number of rotatable bonds is 6. The monoisotopic (exact) mass is 382 g/mol. The van der Waals surface area contributed by atoms with Gasteiger partial charge in [-0.05, 0) is 37.0 Å². The standard InChI is InChI=1S/C20H22N4O4/c1-11-14(12(2)21-18-16(11)19(26)23-24(18)3)9-10-15(25)22-17(20(27)28)13-7-5-4-6-8-13/h4-8,17H,9-10H2,1-3H3,(H,22,25)(H,23,26)(H,27,28)/t17-/m0/s1. The maximum atomic E-state index is 12.4. The van der Waals surface area contributed by atoms with Gasteiger partial charge < -0.3 is 10.4 Å². The zero-order valence-electron chi connectivity index (χ0n) is 15.9. The van der Waals surface area contributed by atoms with E-state index in [0.29, 0.717) is 23.0 Å². The van der Waals surface area contributed by atoms with Crippen molar-refractivity contribution < 1.29 is 14.7 Å². The number of carbonyl (C=O) groups is 2. The molecular weight excluding hydrogens is 360 g/mol. The van der Waals surface area contributed by atoms with Crippen LogP contribution in [0.5, 0.6) is 0 Å². The molecule has 0 aliphatic rings. The number of aliphatic carboxylic acids is 1. The predicted octanol–water partition coefficient (Wildman–Crippen LogP) is 1.75. The lowest BCUT2D eigenvalue weighted by Crippen LogP contribution is -2.33. The number of hydrogen-bond donors (Lipinski definition) is 3. The van der Waals surface area contributed by atoms with Gasteiger partial charge in [0, 0.05) is 19.2 Å². The van der Waals surface area contributed by atoms with E-state index in [4.69, 9.17) is 0 Å². The summed E-state index contributed by atoms with van der Waals surface area (Å²) in [7, 11) is 1.72. The highest BCUT2D eigenvalue weighted by molar-refractivity contribution is 5.85. The van der Waals surface area contributed by atoms with Crippen LogP contribution in [0.3, 0.4) is 0 Å². The number of carboxylic acids is 1. The summed E-state index contributed by atoms with van der Waals surface area (Å²) in [5, 5.41) is 15.2.